The number of pyridine rings is 1. The minimum Gasteiger partial charge on any atom is -0.373 e. The maximum atomic E-state index is 5.91. The van der Waals surface area contributed by atoms with Gasteiger partial charge >= 0.3 is 0 Å². The number of piperazine rings is 1. The average molecular weight is 358 g/mol. The number of aromatic nitrogens is 1. The molecule has 3 aliphatic heterocycles. The molecule has 2 N–H and O–H groups in total. The van der Waals surface area contributed by atoms with Crippen molar-refractivity contribution in [2.45, 2.75) is 44.1 Å². The van der Waals surface area contributed by atoms with E-state index in [4.69, 9.17) is 4.74 Å². The lowest BCUT2D eigenvalue weighted by atomic mass is 9.96. The molecule has 0 aromatic carbocycles. The Morgan fingerprint density at radius 1 is 1.27 bits per heavy atom. The molecule has 3 aliphatic rings. The smallest absolute Gasteiger partial charge is 0.191 e. The predicted molar refractivity (Wildman–Crippen MR) is 104 cm³/mol. The van der Waals surface area contributed by atoms with Gasteiger partial charge in [-0.25, -0.2) is 4.98 Å². The van der Waals surface area contributed by atoms with Gasteiger partial charge in [0, 0.05) is 46.0 Å². The Morgan fingerprint density at radius 3 is 2.73 bits per heavy atom. The lowest BCUT2D eigenvalue weighted by Gasteiger charge is -2.33. The molecule has 1 aromatic heterocycles. The van der Waals surface area contributed by atoms with Crippen LogP contribution in [0.4, 0.5) is 5.82 Å². The molecular formula is C19H30N6O. The number of aliphatic imine (C=N–C) groups is 1. The van der Waals surface area contributed by atoms with Crippen LogP contribution in [-0.2, 0) is 11.3 Å². The van der Waals surface area contributed by atoms with Crippen LogP contribution in [0.2, 0.25) is 0 Å². The van der Waals surface area contributed by atoms with Gasteiger partial charge in [-0.2, -0.15) is 0 Å². The van der Waals surface area contributed by atoms with Crippen LogP contribution in [-0.4, -0.2) is 74.4 Å². The molecule has 3 atom stereocenters. The molecule has 4 rings (SSSR count). The SMILES string of the molecule is CN=C(NCc1ccc(N2CCN(C)CC2)nc1)NC1CC2CCC1O2. The molecule has 26 heavy (non-hydrogen) atoms. The summed E-state index contributed by atoms with van der Waals surface area (Å²) in [5.41, 5.74) is 1.16. The molecule has 3 unspecified atom stereocenters. The highest BCUT2D eigenvalue weighted by Gasteiger charge is 2.41. The summed E-state index contributed by atoms with van der Waals surface area (Å²) in [5.74, 6) is 1.91. The summed E-state index contributed by atoms with van der Waals surface area (Å²) in [5, 5.41) is 6.92. The van der Waals surface area contributed by atoms with Crippen LogP contribution >= 0.6 is 0 Å². The van der Waals surface area contributed by atoms with Crippen molar-refractivity contribution in [3.63, 3.8) is 0 Å². The second kappa shape index (κ2) is 7.80. The first-order valence-corrected chi connectivity index (χ1v) is 9.72. The first kappa shape index (κ1) is 17.5. The van der Waals surface area contributed by atoms with E-state index in [1.165, 1.54) is 6.42 Å². The Balaban J connectivity index is 1.27. The molecule has 0 spiro atoms. The zero-order chi connectivity index (χ0) is 17.9. The van der Waals surface area contributed by atoms with Crippen molar-refractivity contribution in [3.8, 4) is 0 Å². The fraction of sp³-hybridized carbons (Fsp3) is 0.684. The van der Waals surface area contributed by atoms with E-state index in [-0.39, 0.29) is 0 Å². The van der Waals surface area contributed by atoms with Crippen LogP contribution in [0.5, 0.6) is 0 Å². The summed E-state index contributed by atoms with van der Waals surface area (Å²) in [6.07, 6.45) is 6.23. The van der Waals surface area contributed by atoms with Gasteiger partial charge < -0.3 is 25.2 Å². The van der Waals surface area contributed by atoms with E-state index < -0.39 is 0 Å². The third kappa shape index (κ3) is 3.94. The minimum absolute atomic E-state index is 0.350. The van der Waals surface area contributed by atoms with Gasteiger partial charge in [-0.05, 0) is 37.9 Å². The second-order valence-electron chi connectivity index (χ2n) is 7.60. The number of guanidine groups is 1. The largest absolute Gasteiger partial charge is 0.373 e. The zero-order valence-electron chi connectivity index (χ0n) is 15.8. The van der Waals surface area contributed by atoms with Crippen molar-refractivity contribution in [2.75, 3.05) is 45.2 Å². The highest BCUT2D eigenvalue weighted by atomic mass is 16.5. The van der Waals surface area contributed by atoms with Crippen molar-refractivity contribution >= 4 is 11.8 Å². The average Bonchev–Trinajstić information content (AvgIpc) is 3.29. The van der Waals surface area contributed by atoms with Gasteiger partial charge in [-0.3, -0.25) is 4.99 Å². The Kier molecular flexibility index (Phi) is 5.26. The van der Waals surface area contributed by atoms with E-state index in [0.717, 1.165) is 62.9 Å². The Labute approximate surface area is 155 Å². The van der Waals surface area contributed by atoms with Gasteiger partial charge in [0.25, 0.3) is 0 Å². The number of fused-ring (bicyclic) bond motifs is 2. The topological polar surface area (TPSA) is 65.0 Å². The van der Waals surface area contributed by atoms with Gasteiger partial charge in [-0.1, -0.05) is 6.07 Å². The summed E-state index contributed by atoms with van der Waals surface area (Å²) < 4.78 is 5.91. The van der Waals surface area contributed by atoms with Crippen molar-refractivity contribution in [2.24, 2.45) is 4.99 Å². The summed E-state index contributed by atoms with van der Waals surface area (Å²) in [7, 11) is 3.99. The number of nitrogens with zero attached hydrogens (tertiary/aromatic N) is 4. The minimum atomic E-state index is 0.350. The normalized spacial score (nSPS) is 29.2. The molecular weight excluding hydrogens is 328 g/mol. The summed E-state index contributed by atoms with van der Waals surface area (Å²) >= 11 is 0. The lowest BCUT2D eigenvalue weighted by Crippen LogP contribution is -2.47. The van der Waals surface area contributed by atoms with Crippen molar-refractivity contribution in [3.05, 3.63) is 23.9 Å². The van der Waals surface area contributed by atoms with Crippen molar-refractivity contribution in [1.82, 2.24) is 20.5 Å². The lowest BCUT2D eigenvalue weighted by molar-refractivity contribution is 0.0992. The van der Waals surface area contributed by atoms with Gasteiger partial charge in [0.15, 0.2) is 5.96 Å². The molecule has 142 valence electrons. The number of hydrogen-bond acceptors (Lipinski definition) is 5. The standard InChI is InChI=1S/C19H30N6O/c1-20-19(23-16-11-15-4-5-17(16)26-15)22-13-14-3-6-18(21-12-14)25-9-7-24(2)8-10-25/h3,6,12,15-17H,4-5,7-11,13H2,1-2H3,(H2,20,22,23). The number of hydrogen-bond donors (Lipinski definition) is 2. The molecule has 7 nitrogen and oxygen atoms in total. The molecule has 7 heteroatoms. The number of ether oxygens (including phenoxy) is 1. The van der Waals surface area contributed by atoms with Gasteiger partial charge in [0.1, 0.15) is 5.82 Å². The molecule has 0 aliphatic carbocycles. The first-order valence-electron chi connectivity index (χ1n) is 9.72. The fourth-order valence-corrected chi connectivity index (χ4v) is 4.09. The van der Waals surface area contributed by atoms with Crippen molar-refractivity contribution in [1.29, 1.82) is 0 Å². The molecule has 2 bridgehead atoms. The molecule has 0 amide bonds. The van der Waals surface area contributed by atoms with Gasteiger partial charge in [0.05, 0.1) is 18.2 Å². The highest BCUT2D eigenvalue weighted by molar-refractivity contribution is 5.80. The highest BCUT2D eigenvalue weighted by Crippen LogP contribution is 2.34. The van der Waals surface area contributed by atoms with Crippen LogP contribution in [0.3, 0.4) is 0 Å². The van der Waals surface area contributed by atoms with Crippen LogP contribution in [0.15, 0.2) is 23.3 Å². The van der Waals surface area contributed by atoms with E-state index >= 15 is 0 Å². The van der Waals surface area contributed by atoms with Gasteiger partial charge in [0.2, 0.25) is 0 Å². The quantitative estimate of drug-likeness (QED) is 0.614. The molecule has 3 saturated heterocycles. The van der Waals surface area contributed by atoms with E-state index in [0.29, 0.717) is 18.2 Å². The summed E-state index contributed by atoms with van der Waals surface area (Å²) in [6, 6.07) is 4.67. The number of nitrogens with one attached hydrogen (secondary N) is 2. The maximum Gasteiger partial charge on any atom is 0.191 e. The van der Waals surface area contributed by atoms with E-state index in [1.54, 1.807) is 0 Å². The third-order valence-corrected chi connectivity index (χ3v) is 5.75. The number of anilines is 1. The van der Waals surface area contributed by atoms with Crippen LogP contribution in [0.25, 0.3) is 0 Å². The number of rotatable bonds is 4. The zero-order valence-corrected chi connectivity index (χ0v) is 15.8. The molecule has 0 saturated carbocycles. The van der Waals surface area contributed by atoms with Crippen molar-refractivity contribution < 1.29 is 4.74 Å². The fourth-order valence-electron chi connectivity index (χ4n) is 4.09. The van der Waals surface area contributed by atoms with E-state index in [9.17, 15) is 0 Å². The summed E-state index contributed by atoms with van der Waals surface area (Å²) in [4.78, 5) is 13.7. The Bertz CT molecular complexity index is 625. The predicted octanol–water partition coefficient (Wildman–Crippen LogP) is 0.818. The van der Waals surface area contributed by atoms with Crippen LogP contribution in [0.1, 0.15) is 24.8 Å². The van der Waals surface area contributed by atoms with Crippen LogP contribution in [0, 0.1) is 0 Å². The number of likely N-dealkylation sites (N-methyl/N-ethyl adjacent to an activating group) is 1. The molecule has 4 heterocycles. The van der Waals surface area contributed by atoms with Gasteiger partial charge in [-0.15, -0.1) is 0 Å². The third-order valence-electron chi connectivity index (χ3n) is 5.75. The Morgan fingerprint density at radius 2 is 2.12 bits per heavy atom. The van der Waals surface area contributed by atoms with E-state index in [2.05, 4.69) is 49.6 Å². The molecule has 1 aromatic rings. The first-order chi connectivity index (χ1) is 12.7. The second-order valence-corrected chi connectivity index (χ2v) is 7.60. The van der Waals surface area contributed by atoms with Crippen LogP contribution < -0.4 is 15.5 Å². The monoisotopic (exact) mass is 358 g/mol. The molecule has 0 radical (unpaired) electrons. The molecule has 3 fully saturated rings. The van der Waals surface area contributed by atoms with E-state index in [1.807, 2.05) is 13.2 Å². The maximum absolute atomic E-state index is 5.91. The summed E-state index contributed by atoms with van der Waals surface area (Å²) in [6.45, 7) is 5.00. The Hall–Kier alpha value is -1.86.